The molecular weight excluding hydrogens is 234 g/mol. The highest BCUT2D eigenvalue weighted by molar-refractivity contribution is 5.51. The van der Waals surface area contributed by atoms with E-state index < -0.39 is 11.6 Å². The molecule has 1 aromatic carbocycles. The third-order valence-corrected chi connectivity index (χ3v) is 3.72. The smallest absolute Gasteiger partial charge is 0.149 e. The van der Waals surface area contributed by atoms with Crippen molar-refractivity contribution in [2.75, 3.05) is 18.0 Å². The molecular formula is C14H20F2N2. The molecule has 1 unspecified atom stereocenters. The SMILES string of the molecule is CCC1CCCN(c2c(F)cc(CN)cc2F)C1. The molecule has 0 radical (unpaired) electrons. The minimum Gasteiger partial charge on any atom is -0.367 e. The quantitative estimate of drug-likeness (QED) is 0.898. The lowest BCUT2D eigenvalue weighted by Crippen LogP contribution is -2.36. The molecule has 0 bridgehead atoms. The van der Waals surface area contributed by atoms with Crippen LogP contribution in [-0.4, -0.2) is 13.1 Å². The van der Waals surface area contributed by atoms with Crippen LogP contribution in [0.5, 0.6) is 0 Å². The first-order chi connectivity index (χ1) is 8.65. The lowest BCUT2D eigenvalue weighted by atomic mass is 9.95. The maximum atomic E-state index is 14.0. The third kappa shape index (κ3) is 2.64. The number of piperidine rings is 1. The molecule has 1 fully saturated rings. The van der Waals surface area contributed by atoms with Crippen LogP contribution in [0.15, 0.2) is 12.1 Å². The Balaban J connectivity index is 2.27. The molecule has 1 aliphatic heterocycles. The standard InChI is InChI=1S/C14H20F2N2/c1-2-10-4-3-5-18(9-10)14-12(15)6-11(8-17)7-13(14)16/h6-7,10H,2-5,8-9,17H2,1H3. The lowest BCUT2D eigenvalue weighted by molar-refractivity contribution is 0.397. The highest BCUT2D eigenvalue weighted by Gasteiger charge is 2.23. The fourth-order valence-electron chi connectivity index (χ4n) is 2.64. The highest BCUT2D eigenvalue weighted by Crippen LogP contribution is 2.30. The molecule has 18 heavy (non-hydrogen) atoms. The number of anilines is 1. The number of halogens is 2. The molecule has 4 heteroatoms. The number of nitrogens with zero attached hydrogens (tertiary/aromatic N) is 1. The molecule has 2 rings (SSSR count). The highest BCUT2D eigenvalue weighted by atomic mass is 19.1. The number of nitrogens with two attached hydrogens (primary N) is 1. The zero-order valence-corrected chi connectivity index (χ0v) is 10.8. The van der Waals surface area contributed by atoms with E-state index in [1.54, 1.807) is 0 Å². The van der Waals surface area contributed by atoms with Crippen LogP contribution in [-0.2, 0) is 6.54 Å². The molecule has 1 saturated heterocycles. The summed E-state index contributed by atoms with van der Waals surface area (Å²) in [6.07, 6.45) is 3.20. The number of rotatable bonds is 3. The van der Waals surface area contributed by atoms with Gasteiger partial charge in [0.25, 0.3) is 0 Å². The third-order valence-electron chi connectivity index (χ3n) is 3.72. The summed E-state index contributed by atoms with van der Waals surface area (Å²) in [6, 6.07) is 2.68. The summed E-state index contributed by atoms with van der Waals surface area (Å²) in [6.45, 7) is 3.75. The Morgan fingerprint density at radius 1 is 1.33 bits per heavy atom. The second kappa shape index (κ2) is 5.65. The van der Waals surface area contributed by atoms with Crippen molar-refractivity contribution in [2.24, 2.45) is 11.7 Å². The summed E-state index contributed by atoms with van der Waals surface area (Å²) in [5.41, 5.74) is 6.03. The Bertz CT molecular complexity index is 397. The summed E-state index contributed by atoms with van der Waals surface area (Å²) < 4.78 is 28.0. The fraction of sp³-hybridized carbons (Fsp3) is 0.571. The van der Waals surface area contributed by atoms with E-state index in [1.165, 1.54) is 12.1 Å². The molecule has 2 nitrogen and oxygen atoms in total. The molecule has 0 amide bonds. The normalized spacial score (nSPS) is 20.2. The summed E-state index contributed by atoms with van der Waals surface area (Å²) in [5, 5.41) is 0. The Labute approximate surface area is 107 Å². The van der Waals surface area contributed by atoms with Crippen molar-refractivity contribution in [2.45, 2.75) is 32.7 Å². The Morgan fingerprint density at radius 3 is 2.56 bits per heavy atom. The average molecular weight is 254 g/mol. The average Bonchev–Trinajstić information content (AvgIpc) is 2.38. The van der Waals surface area contributed by atoms with Crippen LogP contribution in [0.1, 0.15) is 31.7 Å². The van der Waals surface area contributed by atoms with E-state index in [0.29, 0.717) is 11.5 Å². The molecule has 0 saturated carbocycles. The minimum atomic E-state index is -0.493. The van der Waals surface area contributed by atoms with E-state index in [-0.39, 0.29) is 12.2 Å². The van der Waals surface area contributed by atoms with Gasteiger partial charge in [-0.2, -0.15) is 0 Å². The predicted molar refractivity (Wildman–Crippen MR) is 69.5 cm³/mol. The van der Waals surface area contributed by atoms with Gasteiger partial charge in [0, 0.05) is 19.6 Å². The van der Waals surface area contributed by atoms with Gasteiger partial charge in [0.05, 0.1) is 0 Å². The number of hydrogen-bond donors (Lipinski definition) is 1. The molecule has 0 spiro atoms. The molecule has 1 aliphatic rings. The van der Waals surface area contributed by atoms with Crippen molar-refractivity contribution in [3.8, 4) is 0 Å². The Hall–Kier alpha value is -1.16. The van der Waals surface area contributed by atoms with Crippen molar-refractivity contribution in [1.29, 1.82) is 0 Å². The Kier molecular flexibility index (Phi) is 4.17. The van der Waals surface area contributed by atoms with Crippen LogP contribution < -0.4 is 10.6 Å². The van der Waals surface area contributed by atoms with E-state index in [1.807, 2.05) is 4.90 Å². The zero-order chi connectivity index (χ0) is 13.1. The largest absolute Gasteiger partial charge is 0.367 e. The van der Waals surface area contributed by atoms with E-state index in [4.69, 9.17) is 5.73 Å². The van der Waals surface area contributed by atoms with Gasteiger partial charge in [0.15, 0.2) is 0 Å². The summed E-state index contributed by atoms with van der Waals surface area (Å²) in [7, 11) is 0. The first kappa shape index (κ1) is 13.3. The van der Waals surface area contributed by atoms with Gasteiger partial charge in [-0.05, 0) is 36.5 Å². The molecule has 1 aromatic rings. The monoisotopic (exact) mass is 254 g/mol. The van der Waals surface area contributed by atoms with Gasteiger partial charge in [0.2, 0.25) is 0 Å². The number of benzene rings is 1. The second-order valence-electron chi connectivity index (χ2n) is 4.97. The van der Waals surface area contributed by atoms with Crippen LogP contribution in [0.3, 0.4) is 0 Å². The van der Waals surface area contributed by atoms with Gasteiger partial charge in [0.1, 0.15) is 17.3 Å². The Morgan fingerprint density at radius 2 is 2.00 bits per heavy atom. The molecule has 0 aliphatic carbocycles. The predicted octanol–water partition coefficient (Wildman–Crippen LogP) is 3.05. The van der Waals surface area contributed by atoms with Gasteiger partial charge >= 0.3 is 0 Å². The van der Waals surface area contributed by atoms with Crippen molar-refractivity contribution in [3.63, 3.8) is 0 Å². The van der Waals surface area contributed by atoms with Gasteiger partial charge in [-0.1, -0.05) is 13.3 Å². The van der Waals surface area contributed by atoms with Crippen molar-refractivity contribution >= 4 is 5.69 Å². The van der Waals surface area contributed by atoms with E-state index >= 15 is 0 Å². The molecule has 0 aromatic heterocycles. The first-order valence-electron chi connectivity index (χ1n) is 6.58. The minimum absolute atomic E-state index is 0.116. The fourth-order valence-corrected chi connectivity index (χ4v) is 2.64. The van der Waals surface area contributed by atoms with E-state index in [9.17, 15) is 8.78 Å². The summed E-state index contributed by atoms with van der Waals surface area (Å²) in [4.78, 5) is 1.84. The van der Waals surface area contributed by atoms with Gasteiger partial charge < -0.3 is 10.6 Å². The van der Waals surface area contributed by atoms with Crippen LogP contribution in [0, 0.1) is 17.6 Å². The van der Waals surface area contributed by atoms with Crippen LogP contribution in [0.4, 0.5) is 14.5 Å². The van der Waals surface area contributed by atoms with Crippen LogP contribution in [0.25, 0.3) is 0 Å². The maximum Gasteiger partial charge on any atom is 0.149 e. The van der Waals surface area contributed by atoms with E-state index in [2.05, 4.69) is 6.92 Å². The van der Waals surface area contributed by atoms with Crippen LogP contribution in [0.2, 0.25) is 0 Å². The van der Waals surface area contributed by atoms with Crippen molar-refractivity contribution in [3.05, 3.63) is 29.3 Å². The van der Waals surface area contributed by atoms with Gasteiger partial charge in [-0.15, -0.1) is 0 Å². The summed E-state index contributed by atoms with van der Waals surface area (Å²) in [5.74, 6) is -0.453. The first-order valence-corrected chi connectivity index (χ1v) is 6.58. The molecule has 2 N–H and O–H groups in total. The molecule has 1 atom stereocenters. The van der Waals surface area contributed by atoms with Gasteiger partial charge in [-0.3, -0.25) is 0 Å². The molecule has 1 heterocycles. The van der Waals surface area contributed by atoms with Gasteiger partial charge in [-0.25, -0.2) is 8.78 Å². The topological polar surface area (TPSA) is 29.3 Å². The number of hydrogen-bond acceptors (Lipinski definition) is 2. The van der Waals surface area contributed by atoms with Crippen molar-refractivity contribution < 1.29 is 8.78 Å². The second-order valence-corrected chi connectivity index (χ2v) is 4.97. The summed E-state index contributed by atoms with van der Waals surface area (Å²) >= 11 is 0. The molecule has 100 valence electrons. The lowest BCUT2D eigenvalue weighted by Gasteiger charge is -2.34. The zero-order valence-electron chi connectivity index (χ0n) is 10.8. The maximum absolute atomic E-state index is 14.0. The van der Waals surface area contributed by atoms with Crippen LogP contribution >= 0.6 is 0 Å². The van der Waals surface area contributed by atoms with Crippen molar-refractivity contribution in [1.82, 2.24) is 0 Å². The van der Waals surface area contributed by atoms with E-state index in [0.717, 1.165) is 32.4 Å².